The molecule has 3 rings (SSSR count). The summed E-state index contributed by atoms with van der Waals surface area (Å²) in [6.45, 7) is 3.78. The highest BCUT2D eigenvalue weighted by molar-refractivity contribution is 6.07. The van der Waals surface area contributed by atoms with E-state index in [4.69, 9.17) is 0 Å². The number of nitrogens with one attached hydrogen (secondary N) is 1. The fraction of sp³-hybridized carbons (Fsp3) is 0.167. The third kappa shape index (κ3) is 3.18. The number of hydrogen-bond acceptors (Lipinski definition) is 3. The summed E-state index contributed by atoms with van der Waals surface area (Å²) in [5.74, 6) is -0.602. The maximum Gasteiger partial charge on any atom is 0.252 e. The summed E-state index contributed by atoms with van der Waals surface area (Å²) < 4.78 is 13.6. The van der Waals surface area contributed by atoms with Crippen LogP contribution in [0, 0.1) is 5.82 Å². The molecule has 1 N–H and O–H groups in total. The van der Waals surface area contributed by atoms with Gasteiger partial charge in [-0.15, -0.1) is 0 Å². The molecule has 2 aromatic heterocycles. The lowest BCUT2D eigenvalue weighted by molar-refractivity contribution is 0.0944. The number of nitrogens with zero attached hydrogens (tertiary/aromatic N) is 2. The van der Waals surface area contributed by atoms with E-state index in [9.17, 15) is 9.18 Å². The topological polar surface area (TPSA) is 54.9 Å². The van der Waals surface area contributed by atoms with Gasteiger partial charge >= 0.3 is 0 Å². The van der Waals surface area contributed by atoms with Crippen molar-refractivity contribution in [3.05, 3.63) is 60.0 Å². The number of aromatic nitrogens is 2. The van der Waals surface area contributed by atoms with Crippen LogP contribution in [0.1, 0.15) is 24.2 Å². The Balaban J connectivity index is 2.22. The number of hydrogen-bond donors (Lipinski definition) is 1. The first-order chi connectivity index (χ1) is 11.0. The third-order valence-corrected chi connectivity index (χ3v) is 3.36. The van der Waals surface area contributed by atoms with Gasteiger partial charge in [0.1, 0.15) is 5.82 Å². The van der Waals surface area contributed by atoms with Crippen LogP contribution in [-0.4, -0.2) is 21.9 Å². The van der Waals surface area contributed by atoms with Gasteiger partial charge in [-0.3, -0.25) is 9.78 Å². The molecular formula is C18H16FN3O. The van der Waals surface area contributed by atoms with E-state index in [0.29, 0.717) is 27.9 Å². The predicted octanol–water partition coefficient (Wildman–Crippen LogP) is 3.57. The zero-order chi connectivity index (χ0) is 16.4. The first-order valence-electron chi connectivity index (χ1n) is 7.37. The van der Waals surface area contributed by atoms with Gasteiger partial charge in [-0.05, 0) is 44.2 Å². The number of amides is 1. The maximum absolute atomic E-state index is 13.6. The predicted molar refractivity (Wildman–Crippen MR) is 87.5 cm³/mol. The van der Waals surface area contributed by atoms with Gasteiger partial charge < -0.3 is 5.32 Å². The molecule has 2 heterocycles. The van der Waals surface area contributed by atoms with Gasteiger partial charge in [0.15, 0.2) is 0 Å². The van der Waals surface area contributed by atoms with Gasteiger partial charge in [0.25, 0.3) is 5.91 Å². The molecule has 0 bridgehead atoms. The van der Waals surface area contributed by atoms with Gasteiger partial charge in [-0.2, -0.15) is 0 Å². The van der Waals surface area contributed by atoms with E-state index in [1.54, 1.807) is 30.5 Å². The van der Waals surface area contributed by atoms with Crippen LogP contribution in [0.15, 0.2) is 48.7 Å². The lowest BCUT2D eigenvalue weighted by Gasteiger charge is -2.12. The highest BCUT2D eigenvalue weighted by Crippen LogP contribution is 2.24. The molecule has 3 aromatic rings. The minimum absolute atomic E-state index is 0.00413. The Morgan fingerprint density at radius 1 is 1.13 bits per heavy atom. The lowest BCUT2D eigenvalue weighted by atomic mass is 10.0. The lowest BCUT2D eigenvalue weighted by Crippen LogP contribution is -2.30. The van der Waals surface area contributed by atoms with E-state index in [2.05, 4.69) is 15.3 Å². The smallest absolute Gasteiger partial charge is 0.252 e. The summed E-state index contributed by atoms with van der Waals surface area (Å²) in [5, 5.41) is 3.48. The first kappa shape index (κ1) is 15.1. The number of halogens is 1. The van der Waals surface area contributed by atoms with Crippen LogP contribution in [0.5, 0.6) is 0 Å². The van der Waals surface area contributed by atoms with Crippen molar-refractivity contribution in [3.8, 4) is 11.4 Å². The molecule has 0 saturated heterocycles. The zero-order valence-electron chi connectivity index (χ0n) is 12.9. The molecule has 1 amide bonds. The number of carbonyl (C=O) groups excluding carboxylic acids is 1. The summed E-state index contributed by atoms with van der Waals surface area (Å²) >= 11 is 0. The Morgan fingerprint density at radius 2 is 1.96 bits per heavy atom. The fourth-order valence-electron chi connectivity index (χ4n) is 2.37. The minimum atomic E-state index is -0.390. The molecule has 0 aliphatic rings. The van der Waals surface area contributed by atoms with Crippen molar-refractivity contribution in [2.45, 2.75) is 19.9 Å². The SMILES string of the molecule is CC(C)NC(=O)c1cc(-c2ccccn2)nc2cc(F)ccc12. The van der Waals surface area contributed by atoms with Gasteiger partial charge in [0.2, 0.25) is 0 Å². The Morgan fingerprint density at radius 3 is 2.65 bits per heavy atom. The summed E-state index contributed by atoms with van der Waals surface area (Å²) in [5.41, 5.74) is 2.07. The first-order valence-corrected chi connectivity index (χ1v) is 7.37. The molecule has 0 radical (unpaired) electrons. The Bertz CT molecular complexity index is 863. The second kappa shape index (κ2) is 6.12. The average Bonchev–Trinajstić information content (AvgIpc) is 2.53. The summed E-state index contributed by atoms with van der Waals surface area (Å²) in [6, 6.07) is 11.4. The van der Waals surface area contributed by atoms with Crippen molar-refractivity contribution in [2.75, 3.05) is 0 Å². The van der Waals surface area contributed by atoms with Crippen molar-refractivity contribution in [1.29, 1.82) is 0 Å². The normalized spacial score (nSPS) is 11.0. The van der Waals surface area contributed by atoms with Crippen molar-refractivity contribution < 1.29 is 9.18 Å². The standard InChI is InChI=1S/C18H16FN3O/c1-11(2)21-18(23)14-10-17(15-5-3-4-8-20-15)22-16-9-12(19)6-7-13(14)16/h3-11H,1-2H3,(H,21,23). The minimum Gasteiger partial charge on any atom is -0.350 e. The van der Waals surface area contributed by atoms with Gasteiger partial charge in [0, 0.05) is 23.7 Å². The van der Waals surface area contributed by atoms with Crippen LogP contribution in [0.2, 0.25) is 0 Å². The molecule has 0 fully saturated rings. The van der Waals surface area contributed by atoms with E-state index >= 15 is 0 Å². The monoisotopic (exact) mass is 309 g/mol. The molecule has 0 unspecified atom stereocenters. The molecule has 0 atom stereocenters. The van der Waals surface area contributed by atoms with E-state index in [-0.39, 0.29) is 11.9 Å². The quantitative estimate of drug-likeness (QED) is 0.804. The summed E-state index contributed by atoms with van der Waals surface area (Å²) in [6.07, 6.45) is 1.65. The van der Waals surface area contributed by atoms with Crippen LogP contribution >= 0.6 is 0 Å². The fourth-order valence-corrected chi connectivity index (χ4v) is 2.37. The molecule has 0 spiro atoms. The Hall–Kier alpha value is -2.82. The molecule has 23 heavy (non-hydrogen) atoms. The molecule has 4 nitrogen and oxygen atoms in total. The van der Waals surface area contributed by atoms with Crippen molar-refractivity contribution in [3.63, 3.8) is 0 Å². The van der Waals surface area contributed by atoms with Crippen LogP contribution in [-0.2, 0) is 0 Å². The second-order valence-corrected chi connectivity index (χ2v) is 5.56. The number of fused-ring (bicyclic) bond motifs is 1. The van der Waals surface area contributed by atoms with E-state index in [1.807, 2.05) is 19.9 Å². The van der Waals surface area contributed by atoms with Gasteiger partial charge in [-0.25, -0.2) is 9.37 Å². The molecule has 1 aromatic carbocycles. The molecule has 0 saturated carbocycles. The van der Waals surface area contributed by atoms with Crippen LogP contribution in [0.3, 0.4) is 0 Å². The van der Waals surface area contributed by atoms with E-state index in [1.165, 1.54) is 12.1 Å². The van der Waals surface area contributed by atoms with Crippen molar-refractivity contribution >= 4 is 16.8 Å². The molecule has 116 valence electrons. The number of pyridine rings is 2. The number of rotatable bonds is 3. The molecule has 0 aliphatic carbocycles. The highest BCUT2D eigenvalue weighted by Gasteiger charge is 2.15. The van der Waals surface area contributed by atoms with Gasteiger partial charge in [0.05, 0.1) is 22.5 Å². The van der Waals surface area contributed by atoms with Crippen LogP contribution in [0.4, 0.5) is 4.39 Å². The summed E-state index contributed by atoms with van der Waals surface area (Å²) in [4.78, 5) is 21.2. The third-order valence-electron chi connectivity index (χ3n) is 3.36. The second-order valence-electron chi connectivity index (χ2n) is 5.56. The van der Waals surface area contributed by atoms with Crippen LogP contribution < -0.4 is 5.32 Å². The van der Waals surface area contributed by atoms with E-state index in [0.717, 1.165) is 0 Å². The Kier molecular flexibility index (Phi) is 4.02. The van der Waals surface area contributed by atoms with Crippen molar-refractivity contribution in [1.82, 2.24) is 15.3 Å². The average molecular weight is 309 g/mol. The van der Waals surface area contributed by atoms with Gasteiger partial charge in [-0.1, -0.05) is 6.07 Å². The number of carbonyl (C=O) groups is 1. The van der Waals surface area contributed by atoms with Crippen LogP contribution in [0.25, 0.3) is 22.3 Å². The van der Waals surface area contributed by atoms with E-state index < -0.39 is 5.82 Å². The summed E-state index contributed by atoms with van der Waals surface area (Å²) in [7, 11) is 0. The van der Waals surface area contributed by atoms with Crippen molar-refractivity contribution in [2.24, 2.45) is 0 Å². The number of benzene rings is 1. The molecular weight excluding hydrogens is 293 g/mol. The zero-order valence-corrected chi connectivity index (χ0v) is 12.9. The molecule has 0 aliphatic heterocycles. The largest absolute Gasteiger partial charge is 0.350 e. The Labute approximate surface area is 133 Å². The molecule has 5 heteroatoms. The maximum atomic E-state index is 13.6. The highest BCUT2D eigenvalue weighted by atomic mass is 19.1.